The van der Waals surface area contributed by atoms with Crippen molar-refractivity contribution in [2.45, 2.75) is 6.42 Å². The number of rotatable bonds is 0. The maximum Gasteiger partial charge on any atom is 0.0833 e. The second-order valence-corrected chi connectivity index (χ2v) is 1.58. The number of oxime groups is 1. The molecular weight excluding hydrogens is 102 g/mol. The molecule has 0 spiro atoms. The van der Waals surface area contributed by atoms with Crippen molar-refractivity contribution >= 4 is 5.71 Å². The van der Waals surface area contributed by atoms with Crippen LogP contribution in [0.4, 0.5) is 0 Å². The highest BCUT2D eigenvalue weighted by Crippen LogP contribution is 1.97. The van der Waals surface area contributed by atoms with Crippen LogP contribution in [0.25, 0.3) is 0 Å². The van der Waals surface area contributed by atoms with Crippen molar-refractivity contribution < 1.29 is 5.21 Å². The van der Waals surface area contributed by atoms with Crippen LogP contribution in [0, 0.1) is 0 Å². The molecule has 0 aliphatic heterocycles. The minimum absolute atomic E-state index is 0.715. The molecule has 0 saturated carbocycles. The van der Waals surface area contributed by atoms with Gasteiger partial charge >= 0.3 is 0 Å². The van der Waals surface area contributed by atoms with Crippen LogP contribution in [0.3, 0.4) is 0 Å². The summed E-state index contributed by atoms with van der Waals surface area (Å²) in [6.45, 7) is 0. The van der Waals surface area contributed by atoms with Gasteiger partial charge < -0.3 is 5.21 Å². The molecule has 0 bridgehead atoms. The zero-order valence-corrected chi connectivity index (χ0v) is 4.41. The van der Waals surface area contributed by atoms with Crippen molar-refractivity contribution in [1.29, 1.82) is 0 Å². The lowest BCUT2D eigenvalue weighted by molar-refractivity contribution is 0.318. The van der Waals surface area contributed by atoms with Gasteiger partial charge in [0.1, 0.15) is 0 Å². The molecule has 0 heterocycles. The molecule has 1 aliphatic rings. The Kier molecular flexibility index (Phi) is 1.47. The van der Waals surface area contributed by atoms with Crippen LogP contribution >= 0.6 is 0 Å². The number of hydrogen-bond donors (Lipinski definition) is 1. The summed E-state index contributed by atoms with van der Waals surface area (Å²) in [6.07, 6.45) is 8.23. The summed E-state index contributed by atoms with van der Waals surface area (Å²) in [4.78, 5) is 0. The zero-order chi connectivity index (χ0) is 5.82. The van der Waals surface area contributed by atoms with Gasteiger partial charge in [-0.2, -0.15) is 0 Å². The fourth-order valence-electron chi connectivity index (χ4n) is 0.576. The van der Waals surface area contributed by atoms with Gasteiger partial charge in [0.2, 0.25) is 0 Å². The maximum absolute atomic E-state index is 8.19. The molecule has 1 rings (SSSR count). The van der Waals surface area contributed by atoms with E-state index in [-0.39, 0.29) is 0 Å². The highest BCUT2D eigenvalue weighted by molar-refractivity contribution is 5.96. The van der Waals surface area contributed by atoms with Gasteiger partial charge in [-0.05, 0) is 6.08 Å². The van der Waals surface area contributed by atoms with Crippen LogP contribution in [0.5, 0.6) is 0 Å². The minimum Gasteiger partial charge on any atom is -0.411 e. The number of hydrogen-bond acceptors (Lipinski definition) is 2. The van der Waals surface area contributed by atoms with Crippen LogP contribution < -0.4 is 0 Å². The predicted molar refractivity (Wildman–Crippen MR) is 32.1 cm³/mol. The Morgan fingerprint density at radius 2 is 2.38 bits per heavy atom. The van der Waals surface area contributed by atoms with E-state index in [1.54, 1.807) is 6.08 Å². The van der Waals surface area contributed by atoms with E-state index in [0.717, 1.165) is 6.42 Å². The smallest absolute Gasteiger partial charge is 0.0833 e. The molecule has 0 aromatic carbocycles. The van der Waals surface area contributed by atoms with E-state index in [1.807, 2.05) is 18.2 Å². The Labute approximate surface area is 47.8 Å². The van der Waals surface area contributed by atoms with Crippen LogP contribution in [0.2, 0.25) is 0 Å². The summed E-state index contributed by atoms with van der Waals surface area (Å²) in [5.74, 6) is 0. The van der Waals surface area contributed by atoms with Crippen molar-refractivity contribution in [2.24, 2.45) is 5.16 Å². The van der Waals surface area contributed by atoms with Crippen molar-refractivity contribution in [3.05, 3.63) is 24.3 Å². The monoisotopic (exact) mass is 109 g/mol. The quantitative estimate of drug-likeness (QED) is 0.369. The molecule has 0 aromatic heterocycles. The molecule has 2 heteroatoms. The Hall–Kier alpha value is -1.05. The standard InChI is InChI=1S/C6H7NO/c8-7-6-4-2-1-3-5-6/h1-4,8H,5H2. The Morgan fingerprint density at radius 3 is 2.75 bits per heavy atom. The fourth-order valence-corrected chi connectivity index (χ4v) is 0.576. The predicted octanol–water partition coefficient (Wildman–Crippen LogP) is 1.33. The lowest BCUT2D eigenvalue weighted by atomic mass is 10.2. The van der Waals surface area contributed by atoms with E-state index in [2.05, 4.69) is 5.16 Å². The third kappa shape index (κ3) is 0.964. The first-order valence-electron chi connectivity index (χ1n) is 2.47. The third-order valence-electron chi connectivity index (χ3n) is 0.991. The molecule has 2 nitrogen and oxygen atoms in total. The number of nitrogens with zero attached hydrogens (tertiary/aromatic N) is 1. The average molecular weight is 109 g/mol. The number of allylic oxidation sites excluding steroid dienone is 4. The van der Waals surface area contributed by atoms with Gasteiger partial charge in [-0.1, -0.05) is 23.4 Å². The normalized spacial score (nSPS) is 22.2. The molecule has 0 unspecified atom stereocenters. The summed E-state index contributed by atoms with van der Waals surface area (Å²) < 4.78 is 0. The summed E-state index contributed by atoms with van der Waals surface area (Å²) in [6, 6.07) is 0. The van der Waals surface area contributed by atoms with E-state index in [4.69, 9.17) is 5.21 Å². The van der Waals surface area contributed by atoms with E-state index in [0.29, 0.717) is 5.71 Å². The molecule has 0 radical (unpaired) electrons. The minimum atomic E-state index is 0.715. The first kappa shape index (κ1) is 5.09. The van der Waals surface area contributed by atoms with Crippen molar-refractivity contribution in [1.82, 2.24) is 0 Å². The van der Waals surface area contributed by atoms with Crippen LogP contribution in [0.1, 0.15) is 6.42 Å². The summed E-state index contributed by atoms with van der Waals surface area (Å²) in [5, 5.41) is 11.2. The van der Waals surface area contributed by atoms with E-state index < -0.39 is 0 Å². The van der Waals surface area contributed by atoms with Gasteiger partial charge in [0.25, 0.3) is 0 Å². The van der Waals surface area contributed by atoms with Gasteiger partial charge in [0.05, 0.1) is 5.71 Å². The SMILES string of the molecule is ON=C1C=CC=CC1. The molecule has 0 amide bonds. The average Bonchev–Trinajstić information content (AvgIpc) is 1.90. The maximum atomic E-state index is 8.19. The molecular formula is C6H7NO. The van der Waals surface area contributed by atoms with Crippen molar-refractivity contribution in [3.63, 3.8) is 0 Å². The Balaban J connectivity index is 2.66. The molecule has 0 saturated heterocycles. The van der Waals surface area contributed by atoms with E-state index >= 15 is 0 Å². The summed E-state index contributed by atoms with van der Waals surface area (Å²) >= 11 is 0. The highest BCUT2D eigenvalue weighted by Gasteiger charge is 1.92. The van der Waals surface area contributed by atoms with Gasteiger partial charge in [-0.25, -0.2) is 0 Å². The first-order valence-corrected chi connectivity index (χ1v) is 2.47. The van der Waals surface area contributed by atoms with Crippen LogP contribution in [-0.4, -0.2) is 10.9 Å². The topological polar surface area (TPSA) is 32.6 Å². The summed E-state index contributed by atoms with van der Waals surface area (Å²) in [5.41, 5.74) is 0.715. The lowest BCUT2D eigenvalue weighted by Crippen LogP contribution is -1.92. The summed E-state index contributed by atoms with van der Waals surface area (Å²) in [7, 11) is 0. The Morgan fingerprint density at radius 1 is 1.50 bits per heavy atom. The van der Waals surface area contributed by atoms with E-state index in [9.17, 15) is 0 Å². The van der Waals surface area contributed by atoms with E-state index in [1.165, 1.54) is 0 Å². The van der Waals surface area contributed by atoms with Crippen molar-refractivity contribution in [2.75, 3.05) is 0 Å². The molecule has 42 valence electrons. The molecule has 1 N–H and O–H groups in total. The second kappa shape index (κ2) is 2.31. The second-order valence-electron chi connectivity index (χ2n) is 1.58. The van der Waals surface area contributed by atoms with Gasteiger partial charge in [-0.15, -0.1) is 0 Å². The first-order chi connectivity index (χ1) is 3.93. The molecule has 0 fully saturated rings. The molecule has 0 atom stereocenters. The van der Waals surface area contributed by atoms with Gasteiger partial charge in [0.15, 0.2) is 0 Å². The van der Waals surface area contributed by atoms with Crippen LogP contribution in [-0.2, 0) is 0 Å². The van der Waals surface area contributed by atoms with Gasteiger partial charge in [0, 0.05) is 6.42 Å². The fraction of sp³-hybridized carbons (Fsp3) is 0.167. The van der Waals surface area contributed by atoms with Gasteiger partial charge in [-0.3, -0.25) is 0 Å². The lowest BCUT2D eigenvalue weighted by Gasteiger charge is -1.94. The molecule has 0 aromatic rings. The largest absolute Gasteiger partial charge is 0.411 e. The van der Waals surface area contributed by atoms with Crippen LogP contribution in [0.15, 0.2) is 29.5 Å². The molecule has 8 heavy (non-hydrogen) atoms. The Bertz CT molecular complexity index is 156. The van der Waals surface area contributed by atoms with Crippen molar-refractivity contribution in [3.8, 4) is 0 Å². The molecule has 1 aliphatic carbocycles. The zero-order valence-electron chi connectivity index (χ0n) is 4.41. The third-order valence-corrected chi connectivity index (χ3v) is 0.991. The highest BCUT2D eigenvalue weighted by atomic mass is 16.4.